The number of hydrogen-bond acceptors (Lipinski definition) is 7. The van der Waals surface area contributed by atoms with Gasteiger partial charge in [-0.25, -0.2) is 9.50 Å². The summed E-state index contributed by atoms with van der Waals surface area (Å²) in [6.45, 7) is 1.52. The number of anilines is 1. The second-order valence-corrected chi connectivity index (χ2v) is 9.68. The zero-order chi connectivity index (χ0) is 24.5. The van der Waals surface area contributed by atoms with Crippen molar-refractivity contribution in [2.24, 2.45) is 0 Å². The normalized spacial score (nSPS) is 21.1. The van der Waals surface area contributed by atoms with Crippen LogP contribution in [0.15, 0.2) is 36.9 Å². The average Bonchev–Trinajstić information content (AvgIpc) is 3.53. The summed E-state index contributed by atoms with van der Waals surface area (Å²) < 4.78 is 12.6. The summed E-state index contributed by atoms with van der Waals surface area (Å²) in [6.07, 6.45) is 13.3. The fraction of sp³-hybridized carbons (Fsp3) is 0.462. The summed E-state index contributed by atoms with van der Waals surface area (Å²) in [5.74, 6) is 0.529. The molecule has 1 aliphatic carbocycles. The molecule has 2 aliphatic rings. The van der Waals surface area contributed by atoms with Crippen molar-refractivity contribution in [3.8, 4) is 11.1 Å². The van der Waals surface area contributed by atoms with E-state index in [-0.39, 0.29) is 11.9 Å². The lowest BCUT2D eigenvalue weighted by molar-refractivity contribution is 0.0599. The van der Waals surface area contributed by atoms with E-state index in [2.05, 4.69) is 30.7 Å². The minimum absolute atomic E-state index is 0.0888. The standard InChI is InChI=1S/C26H31N7O3/c1-35-19-4-2-17(3-5-19)30-25(34)22-15-29-33-9-6-16(12-23(22)33)20-13-27-24-21(20)14-28-26(32-24)31-18-7-10-36-11-8-18/h6,9,12-15,17-19H,2-5,7-8,10-11H2,1H3,(H,30,34)(H2,27,28,31,32)/t17-,19-. The molecule has 0 spiro atoms. The zero-order valence-corrected chi connectivity index (χ0v) is 20.4. The van der Waals surface area contributed by atoms with Crippen molar-refractivity contribution < 1.29 is 14.3 Å². The van der Waals surface area contributed by atoms with Crippen LogP contribution in [0.5, 0.6) is 0 Å². The molecule has 188 valence electrons. The third-order valence-corrected chi connectivity index (χ3v) is 7.41. The average molecular weight is 490 g/mol. The van der Waals surface area contributed by atoms with Crippen LogP contribution in [0.25, 0.3) is 27.7 Å². The maximum atomic E-state index is 13.1. The van der Waals surface area contributed by atoms with Crippen molar-refractivity contribution in [1.29, 1.82) is 0 Å². The van der Waals surface area contributed by atoms with Crippen molar-refractivity contribution in [2.75, 3.05) is 25.6 Å². The third-order valence-electron chi connectivity index (χ3n) is 7.41. The number of amides is 1. The molecule has 0 aromatic carbocycles. The fourth-order valence-corrected chi connectivity index (χ4v) is 5.27. The number of ether oxygens (including phenoxy) is 2. The molecule has 1 saturated heterocycles. The minimum atomic E-state index is -0.0888. The molecule has 4 aromatic rings. The van der Waals surface area contributed by atoms with Crippen molar-refractivity contribution in [2.45, 2.75) is 56.7 Å². The predicted octanol–water partition coefficient (Wildman–Crippen LogP) is 3.55. The zero-order valence-electron chi connectivity index (χ0n) is 20.4. The Balaban J connectivity index is 1.23. The topological polar surface area (TPSA) is 118 Å². The van der Waals surface area contributed by atoms with Crippen LogP contribution in [-0.2, 0) is 9.47 Å². The lowest BCUT2D eigenvalue weighted by Gasteiger charge is -2.28. The maximum absolute atomic E-state index is 13.1. The third kappa shape index (κ3) is 4.54. The molecule has 3 N–H and O–H groups in total. The van der Waals surface area contributed by atoms with Crippen LogP contribution in [0.1, 0.15) is 48.9 Å². The molecule has 6 rings (SSSR count). The summed E-state index contributed by atoms with van der Waals surface area (Å²) in [7, 11) is 1.75. The molecule has 10 heteroatoms. The Labute approximate surface area is 208 Å². The summed E-state index contributed by atoms with van der Waals surface area (Å²) in [5, 5.41) is 11.9. The van der Waals surface area contributed by atoms with Crippen LogP contribution in [0, 0.1) is 0 Å². The first-order valence-corrected chi connectivity index (χ1v) is 12.7. The van der Waals surface area contributed by atoms with Crippen LogP contribution in [0.3, 0.4) is 0 Å². The van der Waals surface area contributed by atoms with E-state index in [1.165, 1.54) is 0 Å². The largest absolute Gasteiger partial charge is 0.381 e. The molecule has 4 aromatic heterocycles. The van der Waals surface area contributed by atoms with Gasteiger partial charge in [0.2, 0.25) is 5.95 Å². The Hall–Kier alpha value is -3.50. The first-order chi connectivity index (χ1) is 17.7. The van der Waals surface area contributed by atoms with E-state index in [1.807, 2.05) is 30.7 Å². The molecule has 10 nitrogen and oxygen atoms in total. The number of methoxy groups -OCH3 is 1. The van der Waals surface area contributed by atoms with Crippen LogP contribution >= 0.6 is 0 Å². The monoisotopic (exact) mass is 489 g/mol. The Bertz CT molecular complexity index is 1370. The molecule has 36 heavy (non-hydrogen) atoms. The van der Waals surface area contributed by atoms with Gasteiger partial charge in [-0.2, -0.15) is 10.1 Å². The lowest BCUT2D eigenvalue weighted by atomic mass is 9.93. The number of aromatic amines is 1. The number of carbonyl (C=O) groups is 1. The molecule has 0 atom stereocenters. The van der Waals surface area contributed by atoms with Gasteiger partial charge in [0.1, 0.15) is 5.65 Å². The molecular weight excluding hydrogens is 458 g/mol. The number of fused-ring (bicyclic) bond motifs is 2. The van der Waals surface area contributed by atoms with Crippen LogP contribution in [-0.4, -0.2) is 69.0 Å². The van der Waals surface area contributed by atoms with Gasteiger partial charge in [-0.05, 0) is 56.2 Å². The maximum Gasteiger partial charge on any atom is 0.255 e. The molecule has 5 heterocycles. The van der Waals surface area contributed by atoms with Crippen molar-refractivity contribution in [3.05, 3.63) is 42.5 Å². The van der Waals surface area contributed by atoms with Gasteiger partial charge in [-0.15, -0.1) is 0 Å². The Kier molecular flexibility index (Phi) is 6.28. The van der Waals surface area contributed by atoms with Gasteiger partial charge in [-0.3, -0.25) is 4.79 Å². The van der Waals surface area contributed by atoms with Crippen LogP contribution < -0.4 is 10.6 Å². The highest BCUT2D eigenvalue weighted by molar-refractivity contribution is 6.02. The van der Waals surface area contributed by atoms with Gasteiger partial charge in [0.05, 0.1) is 23.4 Å². The molecule has 0 radical (unpaired) electrons. The van der Waals surface area contributed by atoms with E-state index >= 15 is 0 Å². The number of carbonyl (C=O) groups excluding carboxylic acids is 1. The number of H-pyrrole nitrogens is 1. The van der Waals surface area contributed by atoms with Gasteiger partial charge in [0, 0.05) is 61.9 Å². The minimum Gasteiger partial charge on any atom is -0.381 e. The first-order valence-electron chi connectivity index (χ1n) is 12.7. The van der Waals surface area contributed by atoms with Gasteiger partial charge in [-0.1, -0.05) is 0 Å². The highest BCUT2D eigenvalue weighted by Crippen LogP contribution is 2.30. The van der Waals surface area contributed by atoms with E-state index in [9.17, 15) is 4.79 Å². The highest BCUT2D eigenvalue weighted by Gasteiger charge is 2.24. The second kappa shape index (κ2) is 9.87. The van der Waals surface area contributed by atoms with E-state index in [0.717, 1.165) is 79.4 Å². The second-order valence-electron chi connectivity index (χ2n) is 9.68. The van der Waals surface area contributed by atoms with Crippen LogP contribution in [0.4, 0.5) is 5.95 Å². The lowest BCUT2D eigenvalue weighted by Crippen LogP contribution is -2.38. The molecular formula is C26H31N7O3. The van der Waals surface area contributed by atoms with E-state index < -0.39 is 0 Å². The molecule has 1 saturated carbocycles. The number of nitrogens with one attached hydrogen (secondary N) is 3. The van der Waals surface area contributed by atoms with E-state index in [1.54, 1.807) is 17.8 Å². The Morgan fingerprint density at radius 1 is 1.14 bits per heavy atom. The van der Waals surface area contributed by atoms with Gasteiger partial charge in [0.15, 0.2) is 0 Å². The first kappa shape index (κ1) is 22.9. The summed E-state index contributed by atoms with van der Waals surface area (Å²) in [6, 6.07) is 4.48. The van der Waals surface area contributed by atoms with Gasteiger partial charge < -0.3 is 25.1 Å². The fourth-order valence-electron chi connectivity index (χ4n) is 5.27. The molecule has 1 aliphatic heterocycles. The van der Waals surface area contributed by atoms with Crippen LogP contribution in [0.2, 0.25) is 0 Å². The number of hydrogen-bond donors (Lipinski definition) is 3. The quantitative estimate of drug-likeness (QED) is 0.379. The predicted molar refractivity (Wildman–Crippen MR) is 136 cm³/mol. The molecule has 0 bridgehead atoms. The van der Waals surface area contributed by atoms with Crippen molar-refractivity contribution in [3.63, 3.8) is 0 Å². The van der Waals surface area contributed by atoms with Gasteiger partial charge >= 0.3 is 0 Å². The highest BCUT2D eigenvalue weighted by atomic mass is 16.5. The number of pyridine rings is 1. The SMILES string of the molecule is CO[C@H]1CC[C@H](NC(=O)c2cnn3ccc(-c4c[nH]c5nc(NC6CCOCC6)ncc45)cc23)CC1. The van der Waals surface area contributed by atoms with Crippen molar-refractivity contribution in [1.82, 2.24) is 29.9 Å². The van der Waals surface area contributed by atoms with E-state index in [0.29, 0.717) is 23.7 Å². The summed E-state index contributed by atoms with van der Waals surface area (Å²) in [5.41, 5.74) is 4.06. The number of nitrogens with zero attached hydrogens (tertiary/aromatic N) is 4. The summed E-state index contributed by atoms with van der Waals surface area (Å²) in [4.78, 5) is 25.6. The van der Waals surface area contributed by atoms with E-state index in [4.69, 9.17) is 9.47 Å². The van der Waals surface area contributed by atoms with Gasteiger partial charge in [0.25, 0.3) is 5.91 Å². The smallest absolute Gasteiger partial charge is 0.255 e. The molecule has 2 fully saturated rings. The number of rotatable bonds is 6. The Morgan fingerprint density at radius 2 is 1.97 bits per heavy atom. The summed E-state index contributed by atoms with van der Waals surface area (Å²) >= 11 is 0. The number of aromatic nitrogens is 5. The molecule has 1 amide bonds. The van der Waals surface area contributed by atoms with Crippen molar-refractivity contribution >= 4 is 28.4 Å². The molecule has 0 unspecified atom stereocenters. The Morgan fingerprint density at radius 3 is 2.78 bits per heavy atom.